The number of fused-ring (bicyclic) bond motifs is 1. The van der Waals surface area contributed by atoms with Crippen LogP contribution in [0.25, 0.3) is 10.2 Å². The lowest BCUT2D eigenvalue weighted by molar-refractivity contribution is -0.113. The van der Waals surface area contributed by atoms with Gasteiger partial charge in [0, 0.05) is 30.2 Å². The topological polar surface area (TPSA) is 45.2 Å². The van der Waals surface area contributed by atoms with Gasteiger partial charge in [0.15, 0.2) is 0 Å². The van der Waals surface area contributed by atoms with Crippen LogP contribution in [0.5, 0.6) is 0 Å². The number of carbonyl (C=O) groups excluding carboxylic acids is 1. The predicted molar refractivity (Wildman–Crippen MR) is 117 cm³/mol. The Morgan fingerprint density at radius 1 is 1.22 bits per heavy atom. The number of hydrogen-bond donors (Lipinski definition) is 1. The minimum atomic E-state index is 0.0365. The van der Waals surface area contributed by atoms with Crippen LogP contribution in [0.3, 0.4) is 0 Å². The maximum absolute atomic E-state index is 12.3. The van der Waals surface area contributed by atoms with Crippen LogP contribution < -0.4 is 10.2 Å². The van der Waals surface area contributed by atoms with Gasteiger partial charge in [0.25, 0.3) is 0 Å². The minimum absolute atomic E-state index is 0.0365. The van der Waals surface area contributed by atoms with E-state index >= 15 is 0 Å². The number of thioether (sulfide) groups is 1. The first-order valence-electron chi connectivity index (χ1n) is 9.27. The molecule has 0 aliphatic carbocycles. The van der Waals surface area contributed by atoms with Crippen molar-refractivity contribution in [2.45, 2.75) is 25.5 Å². The van der Waals surface area contributed by atoms with Gasteiger partial charge in [-0.2, -0.15) is 0 Å². The van der Waals surface area contributed by atoms with E-state index in [1.807, 2.05) is 24.3 Å². The number of carbonyl (C=O) groups is 1. The highest BCUT2D eigenvalue weighted by atomic mass is 32.2. The molecular formula is C21H23N3OS2. The van der Waals surface area contributed by atoms with Crippen molar-refractivity contribution in [2.75, 3.05) is 29.1 Å². The zero-order valence-corrected chi connectivity index (χ0v) is 17.0. The molecule has 1 aliphatic rings. The third-order valence-corrected chi connectivity index (χ3v) is 6.89. The van der Waals surface area contributed by atoms with E-state index in [2.05, 4.69) is 40.3 Å². The Hall–Kier alpha value is -2.05. The monoisotopic (exact) mass is 397 g/mol. The summed E-state index contributed by atoms with van der Waals surface area (Å²) in [6.45, 7) is 4.38. The Morgan fingerprint density at radius 2 is 2.04 bits per heavy atom. The SMILES string of the molecule is Cc1cc(NC(=O)CSCc2nc3ccccc3s2)ccc1N1CCCC1. The minimum Gasteiger partial charge on any atom is -0.371 e. The Labute approximate surface area is 168 Å². The maximum Gasteiger partial charge on any atom is 0.234 e. The fourth-order valence-corrected chi connectivity index (χ4v) is 5.30. The zero-order chi connectivity index (χ0) is 18.6. The van der Waals surface area contributed by atoms with E-state index in [0.29, 0.717) is 5.75 Å². The molecule has 1 amide bonds. The quantitative estimate of drug-likeness (QED) is 0.630. The van der Waals surface area contributed by atoms with Crippen molar-refractivity contribution in [1.29, 1.82) is 0 Å². The molecular weight excluding hydrogens is 374 g/mol. The summed E-state index contributed by atoms with van der Waals surface area (Å²) in [5.41, 5.74) is 4.42. The third-order valence-electron chi connectivity index (χ3n) is 4.72. The summed E-state index contributed by atoms with van der Waals surface area (Å²) in [6, 6.07) is 14.4. The summed E-state index contributed by atoms with van der Waals surface area (Å²) in [6.07, 6.45) is 2.54. The molecule has 1 aliphatic heterocycles. The summed E-state index contributed by atoms with van der Waals surface area (Å²) in [4.78, 5) is 19.3. The Balaban J connectivity index is 1.29. The molecule has 4 rings (SSSR count). The standard InChI is InChI=1S/C21H23N3OS2/c1-15-12-16(8-9-18(15)24-10-4-5-11-24)22-20(25)13-26-14-21-23-17-6-2-3-7-19(17)27-21/h2-3,6-9,12H,4-5,10-11,13-14H2,1H3,(H,22,25). The van der Waals surface area contributed by atoms with Gasteiger partial charge in [-0.05, 0) is 55.7 Å². The first-order chi connectivity index (χ1) is 13.2. The molecule has 2 aromatic carbocycles. The number of para-hydroxylation sites is 1. The predicted octanol–water partition coefficient (Wildman–Crippen LogP) is 5.08. The molecule has 2 heterocycles. The van der Waals surface area contributed by atoms with E-state index in [1.54, 1.807) is 23.1 Å². The van der Waals surface area contributed by atoms with Gasteiger partial charge < -0.3 is 10.2 Å². The zero-order valence-electron chi connectivity index (χ0n) is 15.4. The van der Waals surface area contributed by atoms with Crippen LogP contribution in [0.15, 0.2) is 42.5 Å². The smallest absolute Gasteiger partial charge is 0.234 e. The molecule has 1 N–H and O–H groups in total. The van der Waals surface area contributed by atoms with Crippen molar-refractivity contribution in [3.8, 4) is 0 Å². The number of benzene rings is 2. The summed E-state index contributed by atoms with van der Waals surface area (Å²) in [5, 5.41) is 4.09. The molecule has 0 bridgehead atoms. The second-order valence-electron chi connectivity index (χ2n) is 6.81. The second kappa shape index (κ2) is 8.31. The number of rotatable bonds is 6. The molecule has 0 saturated carbocycles. The molecule has 0 radical (unpaired) electrons. The van der Waals surface area contributed by atoms with Gasteiger partial charge in [0.05, 0.1) is 16.0 Å². The van der Waals surface area contributed by atoms with Crippen LogP contribution in [0.2, 0.25) is 0 Å². The van der Waals surface area contributed by atoms with Crippen molar-refractivity contribution >= 4 is 50.6 Å². The van der Waals surface area contributed by atoms with Crippen LogP contribution >= 0.6 is 23.1 Å². The maximum atomic E-state index is 12.3. The molecule has 3 aromatic rings. The number of nitrogens with zero attached hydrogens (tertiary/aromatic N) is 2. The van der Waals surface area contributed by atoms with Gasteiger partial charge in [0.1, 0.15) is 5.01 Å². The van der Waals surface area contributed by atoms with Gasteiger partial charge >= 0.3 is 0 Å². The number of thiazole rings is 1. The highest BCUT2D eigenvalue weighted by Gasteiger charge is 2.14. The molecule has 1 saturated heterocycles. The van der Waals surface area contributed by atoms with Gasteiger partial charge in [0.2, 0.25) is 5.91 Å². The first-order valence-corrected chi connectivity index (χ1v) is 11.2. The molecule has 140 valence electrons. The highest BCUT2D eigenvalue weighted by molar-refractivity contribution is 7.99. The van der Waals surface area contributed by atoms with Crippen molar-refractivity contribution in [3.63, 3.8) is 0 Å². The number of aromatic nitrogens is 1. The van der Waals surface area contributed by atoms with Gasteiger partial charge in [-0.1, -0.05) is 12.1 Å². The average molecular weight is 398 g/mol. The van der Waals surface area contributed by atoms with Crippen molar-refractivity contribution in [2.24, 2.45) is 0 Å². The summed E-state index contributed by atoms with van der Waals surface area (Å²) in [5.74, 6) is 1.23. The largest absolute Gasteiger partial charge is 0.371 e. The number of nitrogens with one attached hydrogen (secondary N) is 1. The van der Waals surface area contributed by atoms with E-state index in [9.17, 15) is 4.79 Å². The van der Waals surface area contributed by atoms with Crippen LogP contribution in [0.4, 0.5) is 11.4 Å². The molecule has 4 nitrogen and oxygen atoms in total. The van der Waals surface area contributed by atoms with Crippen LogP contribution in [-0.2, 0) is 10.5 Å². The number of hydrogen-bond acceptors (Lipinski definition) is 5. The summed E-state index contributed by atoms with van der Waals surface area (Å²) in [7, 11) is 0. The van der Waals surface area contributed by atoms with Crippen molar-refractivity contribution in [3.05, 3.63) is 53.0 Å². The van der Waals surface area contributed by atoms with E-state index in [0.717, 1.165) is 35.1 Å². The molecule has 0 atom stereocenters. The molecule has 1 aromatic heterocycles. The van der Waals surface area contributed by atoms with Gasteiger partial charge in [-0.3, -0.25) is 4.79 Å². The Morgan fingerprint density at radius 3 is 2.81 bits per heavy atom. The second-order valence-corrected chi connectivity index (χ2v) is 8.91. The fraction of sp³-hybridized carbons (Fsp3) is 0.333. The number of amides is 1. The average Bonchev–Trinajstić information content (AvgIpc) is 3.31. The van der Waals surface area contributed by atoms with Crippen LogP contribution in [0.1, 0.15) is 23.4 Å². The summed E-state index contributed by atoms with van der Waals surface area (Å²) < 4.78 is 1.20. The molecule has 6 heteroatoms. The molecule has 1 fully saturated rings. The van der Waals surface area contributed by atoms with E-state index in [-0.39, 0.29) is 5.91 Å². The van der Waals surface area contributed by atoms with Gasteiger partial charge in [-0.15, -0.1) is 23.1 Å². The lowest BCUT2D eigenvalue weighted by Crippen LogP contribution is -2.19. The Kier molecular flexibility index (Phi) is 5.64. The molecule has 0 unspecified atom stereocenters. The summed E-state index contributed by atoms with van der Waals surface area (Å²) >= 11 is 3.30. The van der Waals surface area contributed by atoms with Crippen LogP contribution in [0, 0.1) is 6.92 Å². The Bertz CT molecular complexity index is 915. The lowest BCUT2D eigenvalue weighted by Gasteiger charge is -2.20. The first kappa shape index (κ1) is 18.3. The van der Waals surface area contributed by atoms with Crippen molar-refractivity contribution < 1.29 is 4.79 Å². The van der Waals surface area contributed by atoms with E-state index < -0.39 is 0 Å². The lowest BCUT2D eigenvalue weighted by atomic mass is 10.1. The van der Waals surface area contributed by atoms with Gasteiger partial charge in [-0.25, -0.2) is 4.98 Å². The van der Waals surface area contributed by atoms with Crippen molar-refractivity contribution in [1.82, 2.24) is 4.98 Å². The number of aryl methyl sites for hydroxylation is 1. The highest BCUT2D eigenvalue weighted by Crippen LogP contribution is 2.27. The third kappa shape index (κ3) is 4.45. The molecule has 0 spiro atoms. The molecule has 27 heavy (non-hydrogen) atoms. The normalized spacial score (nSPS) is 14.0. The fourth-order valence-electron chi connectivity index (χ4n) is 3.46. The van der Waals surface area contributed by atoms with E-state index in [1.165, 1.54) is 28.8 Å². The number of anilines is 2. The van der Waals surface area contributed by atoms with Crippen LogP contribution in [-0.4, -0.2) is 29.7 Å². The van der Waals surface area contributed by atoms with E-state index in [4.69, 9.17) is 0 Å².